The van der Waals surface area contributed by atoms with Crippen molar-refractivity contribution >= 4 is 11.5 Å². The molecule has 0 aliphatic carbocycles. The molecule has 1 heterocycles. The third-order valence-corrected chi connectivity index (χ3v) is 6.76. The van der Waals surface area contributed by atoms with Crippen LogP contribution < -0.4 is 10.2 Å². The average molecular weight is 501 g/mol. The van der Waals surface area contributed by atoms with Gasteiger partial charge in [0.1, 0.15) is 17.4 Å². The monoisotopic (exact) mass is 500 g/mol. The Balaban J connectivity index is 1.71. The maximum atomic E-state index is 13.7. The van der Waals surface area contributed by atoms with E-state index in [0.29, 0.717) is 18.7 Å². The molecular formula is C30H42F2N2O2. The number of nitrogens with zero attached hydrogens (tertiary/aromatic N) is 1. The van der Waals surface area contributed by atoms with Crippen LogP contribution in [0.5, 0.6) is 0 Å². The molecule has 0 aromatic heterocycles. The largest absolute Gasteiger partial charge is 0.391 e. The second-order valence-electron chi connectivity index (χ2n) is 11.6. The summed E-state index contributed by atoms with van der Waals surface area (Å²) in [5.74, 6) is -1.79. The van der Waals surface area contributed by atoms with E-state index in [9.17, 15) is 18.7 Å². The van der Waals surface area contributed by atoms with Gasteiger partial charge in [-0.1, -0.05) is 32.9 Å². The zero-order chi connectivity index (χ0) is 26.3. The van der Waals surface area contributed by atoms with E-state index in [1.807, 2.05) is 0 Å². The number of piperidine rings is 1. The highest BCUT2D eigenvalue weighted by molar-refractivity contribution is 5.75. The maximum absolute atomic E-state index is 13.7. The zero-order valence-corrected chi connectivity index (χ0v) is 22.2. The fourth-order valence-electron chi connectivity index (χ4n) is 5.21. The van der Waals surface area contributed by atoms with Gasteiger partial charge in [-0.25, -0.2) is 8.78 Å². The summed E-state index contributed by atoms with van der Waals surface area (Å²) in [7, 11) is 0. The molecule has 2 atom stereocenters. The Labute approximate surface area is 215 Å². The summed E-state index contributed by atoms with van der Waals surface area (Å²) >= 11 is 0. The average Bonchev–Trinajstić information content (AvgIpc) is 2.77. The predicted octanol–water partition coefficient (Wildman–Crippen LogP) is 5.83. The van der Waals surface area contributed by atoms with Gasteiger partial charge in [-0.05, 0) is 85.3 Å². The number of carbonyl (C=O) groups is 1. The number of carbonyl (C=O) groups excluding carboxylic acids is 1. The number of anilines is 1. The van der Waals surface area contributed by atoms with Crippen molar-refractivity contribution < 1.29 is 18.7 Å². The van der Waals surface area contributed by atoms with E-state index in [2.05, 4.69) is 49.2 Å². The molecule has 0 bridgehead atoms. The van der Waals surface area contributed by atoms with E-state index in [4.69, 9.17) is 0 Å². The van der Waals surface area contributed by atoms with Gasteiger partial charge in [0.05, 0.1) is 6.10 Å². The predicted molar refractivity (Wildman–Crippen MR) is 142 cm³/mol. The molecule has 36 heavy (non-hydrogen) atoms. The maximum Gasteiger partial charge on any atom is 0.130 e. The van der Waals surface area contributed by atoms with Crippen LogP contribution in [0, 0.1) is 23.0 Å². The van der Waals surface area contributed by atoms with E-state index in [1.165, 1.54) is 55.1 Å². The quantitative estimate of drug-likeness (QED) is 0.408. The summed E-state index contributed by atoms with van der Waals surface area (Å²) in [4.78, 5) is 14.3. The van der Waals surface area contributed by atoms with Gasteiger partial charge in [0.25, 0.3) is 0 Å². The van der Waals surface area contributed by atoms with Gasteiger partial charge in [0.15, 0.2) is 0 Å². The van der Waals surface area contributed by atoms with E-state index in [0.717, 1.165) is 25.6 Å². The molecule has 1 aliphatic rings. The number of nitrogens with one attached hydrogen (secondary N) is 1. The normalized spacial score (nSPS) is 16.1. The Bertz CT molecular complexity index is 992. The Hall–Kier alpha value is -2.31. The van der Waals surface area contributed by atoms with E-state index >= 15 is 0 Å². The number of halogens is 2. The van der Waals surface area contributed by atoms with Crippen LogP contribution in [0.1, 0.15) is 70.1 Å². The van der Waals surface area contributed by atoms with Crippen molar-refractivity contribution in [2.24, 2.45) is 11.3 Å². The number of Topliss-reactive ketones (excluding diaryl/α,β-unsaturated/α-hetero) is 1. The van der Waals surface area contributed by atoms with Crippen LogP contribution in [0.25, 0.3) is 0 Å². The highest BCUT2D eigenvalue weighted by atomic mass is 19.1. The van der Waals surface area contributed by atoms with Crippen LogP contribution in [0.2, 0.25) is 0 Å². The van der Waals surface area contributed by atoms with Crippen LogP contribution >= 0.6 is 0 Å². The van der Waals surface area contributed by atoms with Crippen molar-refractivity contribution in [3.8, 4) is 0 Å². The molecular weight excluding hydrogens is 458 g/mol. The zero-order valence-electron chi connectivity index (χ0n) is 22.2. The van der Waals surface area contributed by atoms with Crippen molar-refractivity contribution in [1.29, 1.82) is 0 Å². The van der Waals surface area contributed by atoms with Gasteiger partial charge in [0, 0.05) is 44.4 Å². The summed E-state index contributed by atoms with van der Waals surface area (Å²) in [6.45, 7) is 11.2. The molecule has 0 amide bonds. The molecule has 4 nitrogen and oxygen atoms in total. The summed E-state index contributed by atoms with van der Waals surface area (Å²) in [6.07, 6.45) is 4.21. The van der Waals surface area contributed by atoms with Crippen LogP contribution in [0.3, 0.4) is 0 Å². The molecule has 3 rings (SSSR count). The molecule has 1 fully saturated rings. The molecule has 1 aliphatic heterocycles. The molecule has 6 heteroatoms. The number of rotatable bonds is 11. The molecule has 0 spiro atoms. The minimum atomic E-state index is -0.823. The van der Waals surface area contributed by atoms with E-state index in [1.54, 1.807) is 0 Å². The third-order valence-electron chi connectivity index (χ3n) is 6.76. The van der Waals surface area contributed by atoms with Gasteiger partial charge in [0.2, 0.25) is 0 Å². The van der Waals surface area contributed by atoms with E-state index < -0.39 is 23.7 Å². The lowest BCUT2D eigenvalue weighted by Crippen LogP contribution is -2.35. The molecule has 198 valence electrons. The Morgan fingerprint density at radius 3 is 2.31 bits per heavy atom. The first-order valence-corrected chi connectivity index (χ1v) is 13.2. The lowest BCUT2D eigenvalue weighted by molar-refractivity contribution is -0.118. The molecule has 0 radical (unpaired) electrons. The third kappa shape index (κ3) is 8.97. The Morgan fingerprint density at radius 1 is 1.03 bits per heavy atom. The highest BCUT2D eigenvalue weighted by Crippen LogP contribution is 2.29. The highest BCUT2D eigenvalue weighted by Gasteiger charge is 2.23. The van der Waals surface area contributed by atoms with Crippen molar-refractivity contribution in [1.82, 2.24) is 5.32 Å². The molecule has 2 N–H and O–H groups in total. The van der Waals surface area contributed by atoms with Crippen LogP contribution in [-0.4, -0.2) is 36.6 Å². The minimum absolute atomic E-state index is 0.0572. The second kappa shape index (κ2) is 12.8. The second-order valence-corrected chi connectivity index (χ2v) is 11.6. The number of ketones is 1. The fraction of sp³-hybridized carbons (Fsp3) is 0.567. The molecule has 0 unspecified atom stereocenters. The minimum Gasteiger partial charge on any atom is -0.391 e. The lowest BCUT2D eigenvalue weighted by Gasteiger charge is -2.31. The molecule has 2 aromatic carbocycles. The number of hydrogen-bond acceptors (Lipinski definition) is 4. The van der Waals surface area contributed by atoms with Gasteiger partial charge in [-0.15, -0.1) is 0 Å². The van der Waals surface area contributed by atoms with Crippen molar-refractivity contribution in [2.45, 2.75) is 78.9 Å². The van der Waals surface area contributed by atoms with Crippen molar-refractivity contribution in [3.63, 3.8) is 0 Å². The van der Waals surface area contributed by atoms with Crippen LogP contribution in [-0.2, 0) is 24.2 Å². The lowest BCUT2D eigenvalue weighted by atomic mass is 9.87. The van der Waals surface area contributed by atoms with E-state index in [-0.39, 0.29) is 24.0 Å². The number of aliphatic hydroxyl groups is 1. The fourth-order valence-corrected chi connectivity index (χ4v) is 5.21. The Morgan fingerprint density at radius 2 is 1.69 bits per heavy atom. The summed E-state index contributed by atoms with van der Waals surface area (Å²) in [5, 5.41) is 14.3. The first-order valence-electron chi connectivity index (χ1n) is 13.2. The smallest absolute Gasteiger partial charge is 0.130 e. The van der Waals surface area contributed by atoms with Gasteiger partial charge >= 0.3 is 0 Å². The molecule has 0 saturated carbocycles. The summed E-state index contributed by atoms with van der Waals surface area (Å²) in [6, 6.07) is 10.1. The SMILES string of the molecule is CC(=O)C[C@@H](Cc1cc(F)cc(F)c1)[C@H](O)CNCc1cc(CC(C)(C)C)ccc1N1CCCCC1. The first-order chi connectivity index (χ1) is 17.0. The number of benzene rings is 2. The molecule has 2 aromatic rings. The first kappa shape index (κ1) is 28.3. The topological polar surface area (TPSA) is 52.6 Å². The summed E-state index contributed by atoms with van der Waals surface area (Å²) < 4.78 is 27.3. The van der Waals surface area contributed by atoms with Crippen LogP contribution in [0.15, 0.2) is 36.4 Å². The number of hydrogen-bond donors (Lipinski definition) is 2. The number of aliphatic hydroxyl groups excluding tert-OH is 1. The standard InChI is InChI=1S/C30H42F2N2O2/c1-21(35)12-24(14-23-15-26(31)17-27(32)16-23)29(36)20-33-19-25-13-22(18-30(2,3)4)8-9-28(25)34-10-6-5-7-11-34/h8-9,13,15-17,24,29,33,36H,5-7,10-12,14,18-20H2,1-4H3/t24-,29+/m0/s1. The van der Waals surface area contributed by atoms with Gasteiger partial charge in [-0.3, -0.25) is 0 Å². The Kier molecular flexibility index (Phi) is 10.0. The van der Waals surface area contributed by atoms with Gasteiger partial charge < -0.3 is 20.1 Å². The summed E-state index contributed by atoms with van der Waals surface area (Å²) in [5.41, 5.74) is 4.37. The van der Waals surface area contributed by atoms with Crippen molar-refractivity contribution in [3.05, 3.63) is 64.7 Å². The van der Waals surface area contributed by atoms with Crippen LogP contribution in [0.4, 0.5) is 14.5 Å². The van der Waals surface area contributed by atoms with Crippen molar-refractivity contribution in [2.75, 3.05) is 24.5 Å². The molecule has 1 saturated heterocycles. The van der Waals surface area contributed by atoms with Gasteiger partial charge in [-0.2, -0.15) is 0 Å².